The van der Waals surface area contributed by atoms with Gasteiger partial charge in [0.05, 0.1) is 11.5 Å². The summed E-state index contributed by atoms with van der Waals surface area (Å²) in [6.45, 7) is 0.733. The van der Waals surface area contributed by atoms with Crippen molar-refractivity contribution in [2.24, 2.45) is 0 Å². The highest BCUT2D eigenvalue weighted by Crippen LogP contribution is 2.52. The van der Waals surface area contributed by atoms with Gasteiger partial charge in [0, 0.05) is 25.4 Å². The highest BCUT2D eigenvalue weighted by molar-refractivity contribution is 5.92. The molecule has 1 saturated heterocycles. The van der Waals surface area contributed by atoms with Crippen LogP contribution in [0.3, 0.4) is 0 Å². The van der Waals surface area contributed by atoms with E-state index in [1.54, 1.807) is 18.3 Å². The van der Waals surface area contributed by atoms with Crippen LogP contribution in [-0.2, 0) is 10.2 Å². The molecule has 1 amide bonds. The summed E-state index contributed by atoms with van der Waals surface area (Å²) in [6, 6.07) is 10.7. The van der Waals surface area contributed by atoms with Crippen LogP contribution in [0.15, 0.2) is 42.6 Å². The third-order valence-electron chi connectivity index (χ3n) is 5.49. The Bertz CT molecular complexity index is 803. The number of anilines is 1. The highest BCUT2D eigenvalue weighted by Gasteiger charge is 2.55. The predicted molar refractivity (Wildman–Crippen MR) is 94.8 cm³/mol. The van der Waals surface area contributed by atoms with Crippen molar-refractivity contribution in [1.29, 1.82) is 0 Å². The number of rotatable bonds is 4. The molecule has 2 heterocycles. The van der Waals surface area contributed by atoms with Gasteiger partial charge in [0.2, 0.25) is 5.91 Å². The second-order valence-electron chi connectivity index (χ2n) is 6.94. The fourth-order valence-electron chi connectivity index (χ4n) is 3.99. The molecule has 2 fully saturated rings. The Kier molecular flexibility index (Phi) is 3.94. The smallest absolute Gasteiger partial charge is 0.233 e. The molecule has 0 spiro atoms. The molecule has 1 aromatic carbocycles. The lowest BCUT2D eigenvalue weighted by atomic mass is 9.93. The lowest BCUT2D eigenvalue weighted by molar-refractivity contribution is -0.135. The lowest BCUT2D eigenvalue weighted by Crippen LogP contribution is -2.39. The van der Waals surface area contributed by atoms with Gasteiger partial charge in [-0.1, -0.05) is 18.2 Å². The van der Waals surface area contributed by atoms with Crippen LogP contribution in [0.5, 0.6) is 0 Å². The molecule has 25 heavy (non-hydrogen) atoms. The average Bonchev–Trinajstić information content (AvgIpc) is 3.30. The van der Waals surface area contributed by atoms with Gasteiger partial charge in [0.25, 0.3) is 0 Å². The molecule has 1 saturated carbocycles. The Hall–Kier alpha value is -2.43. The van der Waals surface area contributed by atoms with Crippen molar-refractivity contribution in [2.75, 3.05) is 18.9 Å². The van der Waals surface area contributed by atoms with Crippen molar-refractivity contribution >= 4 is 11.7 Å². The molecule has 0 bridgehead atoms. The molecule has 130 valence electrons. The maximum absolute atomic E-state index is 14.3. The number of amides is 1. The van der Waals surface area contributed by atoms with E-state index < -0.39 is 5.41 Å². The number of carbonyl (C=O) groups is 1. The number of benzene rings is 1. The van der Waals surface area contributed by atoms with Gasteiger partial charge in [-0.3, -0.25) is 4.79 Å². The Morgan fingerprint density at radius 1 is 1.32 bits per heavy atom. The third kappa shape index (κ3) is 2.68. The number of halogens is 1. The van der Waals surface area contributed by atoms with Gasteiger partial charge in [0.1, 0.15) is 11.6 Å². The number of hydrogen-bond acceptors (Lipinski definition) is 3. The number of carbonyl (C=O) groups excluding carboxylic acids is 1. The van der Waals surface area contributed by atoms with E-state index >= 15 is 0 Å². The molecule has 2 aromatic rings. The van der Waals surface area contributed by atoms with Crippen molar-refractivity contribution in [2.45, 2.75) is 37.1 Å². The molecule has 2 aliphatic rings. The zero-order valence-corrected chi connectivity index (χ0v) is 14.3. The molecule has 1 aliphatic carbocycles. The van der Waals surface area contributed by atoms with Gasteiger partial charge >= 0.3 is 0 Å². The summed E-state index contributed by atoms with van der Waals surface area (Å²) in [5, 5.41) is 3.05. The summed E-state index contributed by atoms with van der Waals surface area (Å²) in [6.07, 6.45) is 5.14. The molecule has 0 radical (unpaired) electrons. The summed E-state index contributed by atoms with van der Waals surface area (Å²) >= 11 is 0. The van der Waals surface area contributed by atoms with Crippen LogP contribution in [0.4, 0.5) is 10.2 Å². The van der Waals surface area contributed by atoms with Crippen LogP contribution >= 0.6 is 0 Å². The first-order valence-corrected chi connectivity index (χ1v) is 8.85. The predicted octanol–water partition coefficient (Wildman–Crippen LogP) is 3.66. The summed E-state index contributed by atoms with van der Waals surface area (Å²) in [5.41, 5.74) is 0.984. The van der Waals surface area contributed by atoms with Crippen molar-refractivity contribution < 1.29 is 9.18 Å². The van der Waals surface area contributed by atoms with Crippen LogP contribution < -0.4 is 5.32 Å². The Labute approximate surface area is 147 Å². The first kappa shape index (κ1) is 16.1. The van der Waals surface area contributed by atoms with Crippen molar-refractivity contribution in [3.05, 3.63) is 59.5 Å². The minimum atomic E-state index is -0.660. The van der Waals surface area contributed by atoms with Crippen molar-refractivity contribution in [3.8, 4) is 0 Å². The largest absolute Gasteiger partial charge is 0.373 e. The van der Waals surface area contributed by atoms with E-state index in [1.807, 2.05) is 30.1 Å². The van der Waals surface area contributed by atoms with E-state index in [-0.39, 0.29) is 17.8 Å². The van der Waals surface area contributed by atoms with Crippen molar-refractivity contribution in [1.82, 2.24) is 9.88 Å². The monoisotopic (exact) mass is 339 g/mol. The maximum atomic E-state index is 14.3. The average molecular weight is 339 g/mol. The number of likely N-dealkylation sites (tertiary alicyclic amines) is 1. The fourth-order valence-corrected chi connectivity index (χ4v) is 3.99. The molecular formula is C20H22FN3O. The van der Waals surface area contributed by atoms with E-state index in [1.165, 1.54) is 6.07 Å². The summed E-state index contributed by atoms with van der Waals surface area (Å²) < 4.78 is 14.3. The van der Waals surface area contributed by atoms with Crippen LogP contribution in [0, 0.1) is 5.82 Å². The van der Waals surface area contributed by atoms with Gasteiger partial charge in [-0.25, -0.2) is 9.37 Å². The standard InChI is InChI=1S/C20H22FN3O/c1-22-18-13-14(8-11-23-18)17-7-4-12-24(17)19(25)20(9-10-20)15-5-2-3-6-16(15)21/h2-3,5-6,8,11,13,17H,4,7,9-10,12H2,1H3,(H,22,23). The molecule has 5 heteroatoms. The second kappa shape index (κ2) is 6.14. The molecule has 1 aromatic heterocycles. The molecule has 4 nitrogen and oxygen atoms in total. The van der Waals surface area contributed by atoms with Crippen molar-refractivity contribution in [3.63, 3.8) is 0 Å². The first-order chi connectivity index (χ1) is 12.2. The van der Waals surface area contributed by atoms with Crippen LogP contribution in [0.2, 0.25) is 0 Å². The molecule has 1 aliphatic heterocycles. The number of hydrogen-bond donors (Lipinski definition) is 1. The van der Waals surface area contributed by atoms with Gasteiger partial charge in [-0.2, -0.15) is 0 Å². The molecule has 1 atom stereocenters. The zero-order valence-electron chi connectivity index (χ0n) is 14.3. The fraction of sp³-hybridized carbons (Fsp3) is 0.400. The number of pyridine rings is 1. The summed E-state index contributed by atoms with van der Waals surface area (Å²) in [7, 11) is 1.83. The van der Waals surface area contributed by atoms with E-state index in [9.17, 15) is 9.18 Å². The topological polar surface area (TPSA) is 45.2 Å². The Morgan fingerprint density at radius 2 is 2.12 bits per heavy atom. The maximum Gasteiger partial charge on any atom is 0.233 e. The first-order valence-electron chi connectivity index (χ1n) is 8.85. The van der Waals surface area contributed by atoms with E-state index in [2.05, 4.69) is 10.3 Å². The summed E-state index contributed by atoms with van der Waals surface area (Å²) in [4.78, 5) is 19.6. The van der Waals surface area contributed by atoms with Gasteiger partial charge < -0.3 is 10.2 Å². The highest BCUT2D eigenvalue weighted by atomic mass is 19.1. The minimum absolute atomic E-state index is 0.0480. The molecule has 1 unspecified atom stereocenters. The van der Waals surface area contributed by atoms with Gasteiger partial charge in [-0.15, -0.1) is 0 Å². The minimum Gasteiger partial charge on any atom is -0.373 e. The molecule has 4 rings (SSSR count). The van der Waals surface area contributed by atoms with Crippen LogP contribution in [0.1, 0.15) is 42.9 Å². The van der Waals surface area contributed by atoms with Gasteiger partial charge in [-0.05, 0) is 49.4 Å². The SMILES string of the molecule is CNc1cc(C2CCCN2C(=O)C2(c3ccccc3F)CC2)ccn1. The molecular weight excluding hydrogens is 317 g/mol. The number of nitrogens with zero attached hydrogens (tertiary/aromatic N) is 2. The van der Waals surface area contributed by atoms with Crippen LogP contribution in [-0.4, -0.2) is 29.4 Å². The van der Waals surface area contributed by atoms with E-state index in [0.29, 0.717) is 5.56 Å². The second-order valence-corrected chi connectivity index (χ2v) is 6.94. The lowest BCUT2D eigenvalue weighted by Gasteiger charge is -2.30. The quantitative estimate of drug-likeness (QED) is 0.925. The zero-order chi connectivity index (χ0) is 17.4. The normalized spacial score (nSPS) is 21.2. The molecule has 1 N–H and O–H groups in total. The van der Waals surface area contributed by atoms with Gasteiger partial charge in [0.15, 0.2) is 0 Å². The summed E-state index contributed by atoms with van der Waals surface area (Å²) in [5.74, 6) is 0.598. The third-order valence-corrected chi connectivity index (χ3v) is 5.49. The Balaban J connectivity index is 1.64. The van der Waals surface area contributed by atoms with E-state index in [0.717, 1.165) is 43.6 Å². The Morgan fingerprint density at radius 3 is 2.84 bits per heavy atom. The number of aromatic nitrogens is 1. The van der Waals surface area contributed by atoms with Crippen LogP contribution in [0.25, 0.3) is 0 Å². The number of nitrogens with one attached hydrogen (secondary N) is 1. The van der Waals surface area contributed by atoms with E-state index in [4.69, 9.17) is 0 Å².